The zero-order valence-corrected chi connectivity index (χ0v) is 15.2. The van der Waals surface area contributed by atoms with Crippen LogP contribution in [-0.4, -0.2) is 28.5 Å². The number of anilines is 1. The Hall–Kier alpha value is -2.59. The summed E-state index contributed by atoms with van der Waals surface area (Å²) in [5.74, 6) is -0.824. The van der Waals surface area contributed by atoms with Gasteiger partial charge < -0.3 is 10.1 Å². The number of carbonyl (C=O) groups is 1. The standard InChI is InChI=1S/C17H17F3N2O4S/c1-21-27(24,25)12-7-8-15(13(9-12)16(23)26-2)22-10-11-5-3-4-6-14(11)17(18,19)20/h3-9,21-22H,10H2,1-2H3. The van der Waals surface area contributed by atoms with Crippen LogP contribution in [0.1, 0.15) is 21.5 Å². The fraction of sp³-hybridized carbons (Fsp3) is 0.235. The molecule has 0 saturated heterocycles. The van der Waals surface area contributed by atoms with Gasteiger partial charge in [0.1, 0.15) is 0 Å². The van der Waals surface area contributed by atoms with E-state index in [1.807, 2.05) is 0 Å². The molecule has 0 unspecified atom stereocenters. The number of ether oxygens (including phenoxy) is 1. The summed E-state index contributed by atoms with van der Waals surface area (Å²) in [7, 11) is -1.48. The molecule has 0 aliphatic carbocycles. The second-order valence-corrected chi connectivity index (χ2v) is 7.30. The van der Waals surface area contributed by atoms with Crippen molar-refractivity contribution in [2.24, 2.45) is 0 Å². The molecule has 0 amide bonds. The first-order chi connectivity index (χ1) is 12.6. The Kier molecular flexibility index (Phi) is 6.11. The maximum atomic E-state index is 13.1. The summed E-state index contributed by atoms with van der Waals surface area (Å²) in [6, 6.07) is 8.65. The summed E-state index contributed by atoms with van der Waals surface area (Å²) in [5, 5.41) is 2.74. The van der Waals surface area contributed by atoms with Gasteiger partial charge in [0.05, 0.1) is 23.1 Å². The van der Waals surface area contributed by atoms with Crippen LogP contribution in [0.2, 0.25) is 0 Å². The molecule has 6 nitrogen and oxygen atoms in total. The molecule has 2 aromatic carbocycles. The van der Waals surface area contributed by atoms with Crippen molar-refractivity contribution in [3.05, 3.63) is 59.2 Å². The van der Waals surface area contributed by atoms with Crippen molar-refractivity contribution in [1.29, 1.82) is 0 Å². The van der Waals surface area contributed by atoms with E-state index in [9.17, 15) is 26.4 Å². The van der Waals surface area contributed by atoms with Crippen LogP contribution >= 0.6 is 0 Å². The van der Waals surface area contributed by atoms with Crippen molar-refractivity contribution in [3.8, 4) is 0 Å². The number of hydrogen-bond acceptors (Lipinski definition) is 5. The smallest absolute Gasteiger partial charge is 0.416 e. The van der Waals surface area contributed by atoms with Gasteiger partial charge >= 0.3 is 12.1 Å². The summed E-state index contributed by atoms with van der Waals surface area (Å²) in [6.45, 7) is -0.224. The van der Waals surface area contributed by atoms with Crippen LogP contribution in [0.15, 0.2) is 47.4 Å². The van der Waals surface area contributed by atoms with Crippen molar-refractivity contribution in [2.45, 2.75) is 17.6 Å². The predicted molar refractivity (Wildman–Crippen MR) is 92.8 cm³/mol. The number of carbonyl (C=O) groups excluding carboxylic acids is 1. The zero-order chi connectivity index (χ0) is 20.2. The lowest BCUT2D eigenvalue weighted by atomic mass is 10.1. The molecule has 0 atom stereocenters. The van der Waals surface area contributed by atoms with Crippen LogP contribution in [0.3, 0.4) is 0 Å². The van der Waals surface area contributed by atoms with Gasteiger partial charge in [0, 0.05) is 12.2 Å². The molecule has 0 bridgehead atoms. The lowest BCUT2D eigenvalue weighted by Crippen LogP contribution is -2.19. The third-order valence-electron chi connectivity index (χ3n) is 3.77. The first kappa shape index (κ1) is 20.7. The number of hydrogen-bond donors (Lipinski definition) is 2. The molecule has 146 valence electrons. The Morgan fingerprint density at radius 2 is 1.81 bits per heavy atom. The SMILES string of the molecule is CNS(=O)(=O)c1ccc(NCc2ccccc2C(F)(F)F)c(C(=O)OC)c1. The van der Waals surface area contributed by atoms with Gasteiger partial charge in [-0.1, -0.05) is 18.2 Å². The van der Waals surface area contributed by atoms with Crippen molar-refractivity contribution in [1.82, 2.24) is 4.72 Å². The highest BCUT2D eigenvalue weighted by molar-refractivity contribution is 7.89. The molecular formula is C17H17F3N2O4S. The van der Waals surface area contributed by atoms with E-state index in [0.29, 0.717) is 0 Å². The van der Waals surface area contributed by atoms with Gasteiger partial charge in [0.2, 0.25) is 10.0 Å². The minimum absolute atomic E-state index is 0.0206. The minimum atomic E-state index is -4.52. The van der Waals surface area contributed by atoms with E-state index in [0.717, 1.165) is 19.2 Å². The summed E-state index contributed by atoms with van der Waals surface area (Å²) in [4.78, 5) is 11.8. The largest absolute Gasteiger partial charge is 0.465 e. The Morgan fingerprint density at radius 1 is 1.15 bits per heavy atom. The van der Waals surface area contributed by atoms with Crippen molar-refractivity contribution < 1.29 is 31.1 Å². The first-order valence-corrected chi connectivity index (χ1v) is 9.13. The molecule has 0 heterocycles. The van der Waals surface area contributed by atoms with Gasteiger partial charge in [0.15, 0.2) is 0 Å². The minimum Gasteiger partial charge on any atom is -0.465 e. The molecule has 0 saturated carbocycles. The molecule has 0 aliphatic rings. The van der Waals surface area contributed by atoms with Crippen LogP contribution in [0, 0.1) is 0 Å². The monoisotopic (exact) mass is 402 g/mol. The molecule has 0 aromatic heterocycles. The number of benzene rings is 2. The van der Waals surface area contributed by atoms with Gasteiger partial charge in [-0.3, -0.25) is 0 Å². The average molecular weight is 402 g/mol. The molecule has 0 spiro atoms. The van der Waals surface area contributed by atoms with E-state index >= 15 is 0 Å². The normalized spacial score (nSPS) is 11.9. The summed E-state index contributed by atoms with van der Waals surface area (Å²) in [5.41, 5.74) is -0.786. The molecule has 2 rings (SSSR count). The van der Waals surface area contributed by atoms with Gasteiger partial charge in [-0.05, 0) is 36.9 Å². The Labute approximate surface area is 154 Å². The number of nitrogens with one attached hydrogen (secondary N) is 2. The van der Waals surface area contributed by atoms with Gasteiger partial charge in [0.25, 0.3) is 0 Å². The number of methoxy groups -OCH3 is 1. The van der Waals surface area contributed by atoms with Crippen LogP contribution in [0.5, 0.6) is 0 Å². The van der Waals surface area contributed by atoms with Gasteiger partial charge in [-0.25, -0.2) is 17.9 Å². The summed E-state index contributed by atoms with van der Waals surface area (Å²) >= 11 is 0. The molecule has 10 heteroatoms. The highest BCUT2D eigenvalue weighted by atomic mass is 32.2. The van der Waals surface area contributed by atoms with Crippen molar-refractivity contribution >= 4 is 21.7 Å². The van der Waals surface area contributed by atoms with Crippen LogP contribution in [-0.2, 0) is 27.5 Å². The van der Waals surface area contributed by atoms with Crippen molar-refractivity contribution in [3.63, 3.8) is 0 Å². The molecule has 0 aliphatic heterocycles. The lowest BCUT2D eigenvalue weighted by Gasteiger charge is -2.16. The topological polar surface area (TPSA) is 84.5 Å². The predicted octanol–water partition coefficient (Wildman–Crippen LogP) is 3.01. The average Bonchev–Trinajstić information content (AvgIpc) is 2.65. The molecule has 27 heavy (non-hydrogen) atoms. The highest BCUT2D eigenvalue weighted by Crippen LogP contribution is 2.32. The Balaban J connectivity index is 2.39. The zero-order valence-electron chi connectivity index (χ0n) is 14.4. The van der Waals surface area contributed by atoms with E-state index in [4.69, 9.17) is 0 Å². The van der Waals surface area contributed by atoms with Crippen LogP contribution in [0.4, 0.5) is 18.9 Å². The number of esters is 1. The summed E-state index contributed by atoms with van der Waals surface area (Å²) < 4.78 is 69.8. The second-order valence-electron chi connectivity index (χ2n) is 5.41. The number of halogens is 3. The van der Waals surface area contributed by atoms with E-state index in [2.05, 4.69) is 14.8 Å². The number of alkyl halides is 3. The van der Waals surface area contributed by atoms with Crippen LogP contribution in [0.25, 0.3) is 0 Å². The van der Waals surface area contributed by atoms with E-state index in [-0.39, 0.29) is 28.3 Å². The molecule has 2 N–H and O–H groups in total. The molecule has 0 radical (unpaired) electrons. The van der Waals surface area contributed by atoms with E-state index in [1.165, 1.54) is 37.4 Å². The number of rotatable bonds is 6. The third kappa shape index (κ3) is 4.77. The number of sulfonamides is 1. The maximum absolute atomic E-state index is 13.1. The lowest BCUT2D eigenvalue weighted by molar-refractivity contribution is -0.138. The molecule has 0 fully saturated rings. The third-order valence-corrected chi connectivity index (χ3v) is 5.18. The van der Waals surface area contributed by atoms with Gasteiger partial charge in [-0.15, -0.1) is 0 Å². The fourth-order valence-electron chi connectivity index (χ4n) is 2.38. The van der Waals surface area contributed by atoms with Crippen molar-refractivity contribution in [2.75, 3.05) is 19.5 Å². The molecular weight excluding hydrogens is 385 g/mol. The second kappa shape index (κ2) is 7.97. The van der Waals surface area contributed by atoms with Gasteiger partial charge in [-0.2, -0.15) is 13.2 Å². The van der Waals surface area contributed by atoms with E-state index < -0.39 is 27.7 Å². The molecule has 2 aromatic rings. The summed E-state index contributed by atoms with van der Waals surface area (Å²) in [6.07, 6.45) is -4.52. The Morgan fingerprint density at radius 3 is 2.41 bits per heavy atom. The first-order valence-electron chi connectivity index (χ1n) is 7.65. The van der Waals surface area contributed by atoms with E-state index in [1.54, 1.807) is 0 Å². The highest BCUT2D eigenvalue weighted by Gasteiger charge is 2.32. The Bertz CT molecular complexity index is 943. The quantitative estimate of drug-likeness (QED) is 0.726. The maximum Gasteiger partial charge on any atom is 0.416 e. The fourth-order valence-corrected chi connectivity index (χ4v) is 3.14. The van der Waals surface area contributed by atoms with Crippen LogP contribution < -0.4 is 10.0 Å².